The summed E-state index contributed by atoms with van der Waals surface area (Å²) in [4.78, 5) is 2.55. The highest BCUT2D eigenvalue weighted by Gasteiger charge is 2.54. The first-order valence-electron chi connectivity index (χ1n) is 22.1. The predicted molar refractivity (Wildman–Crippen MR) is 259 cm³/mol. The first-order valence-corrected chi connectivity index (χ1v) is 22.1. The Morgan fingerprint density at radius 1 is 0.238 bits per heavy atom. The quantitative estimate of drug-likeness (QED) is 0.171. The van der Waals surface area contributed by atoms with Crippen LogP contribution in [0.5, 0.6) is 0 Å². The van der Waals surface area contributed by atoms with Gasteiger partial charge in [0.1, 0.15) is 0 Å². The molecule has 292 valence electrons. The number of fused-ring (bicyclic) bond motifs is 20. The van der Waals surface area contributed by atoms with Crippen molar-refractivity contribution in [2.45, 2.75) is 10.8 Å². The Morgan fingerprint density at radius 3 is 1.16 bits per heavy atom. The summed E-state index contributed by atoms with van der Waals surface area (Å²) in [7, 11) is 0. The lowest BCUT2D eigenvalue weighted by Gasteiger charge is -2.33. The van der Waals surface area contributed by atoms with Crippen LogP contribution < -0.4 is 4.90 Å². The van der Waals surface area contributed by atoms with Crippen molar-refractivity contribution in [3.8, 4) is 55.6 Å². The molecular formula is C62H39N. The zero-order valence-electron chi connectivity index (χ0n) is 34.5. The van der Waals surface area contributed by atoms with E-state index in [0.29, 0.717) is 0 Å². The van der Waals surface area contributed by atoms with Gasteiger partial charge in [-0.15, -0.1) is 0 Å². The topological polar surface area (TPSA) is 3.24 Å². The minimum atomic E-state index is -0.459. The van der Waals surface area contributed by atoms with Gasteiger partial charge in [0.25, 0.3) is 0 Å². The van der Waals surface area contributed by atoms with Crippen LogP contribution in [0.1, 0.15) is 44.5 Å². The molecule has 0 unspecified atom stereocenters. The normalized spacial score (nSPS) is 14.3. The van der Waals surface area contributed by atoms with E-state index in [2.05, 4.69) is 241 Å². The second kappa shape index (κ2) is 12.8. The van der Waals surface area contributed by atoms with Crippen LogP contribution >= 0.6 is 0 Å². The largest absolute Gasteiger partial charge is 0.310 e. The summed E-state index contributed by atoms with van der Waals surface area (Å²) in [5, 5.41) is 0. The van der Waals surface area contributed by atoms with E-state index in [0.717, 1.165) is 11.4 Å². The molecule has 0 N–H and O–H groups in total. The molecule has 0 atom stereocenters. The van der Waals surface area contributed by atoms with E-state index in [1.165, 1.54) is 106 Å². The van der Waals surface area contributed by atoms with Crippen LogP contribution in [0.3, 0.4) is 0 Å². The molecule has 0 saturated carbocycles. The van der Waals surface area contributed by atoms with E-state index in [1.54, 1.807) is 0 Å². The second-order valence-electron chi connectivity index (χ2n) is 17.5. The molecule has 0 fully saturated rings. The van der Waals surface area contributed by atoms with Crippen molar-refractivity contribution < 1.29 is 0 Å². The molecule has 4 aliphatic rings. The standard InChI is InChI=1S/C62H39N/c1-2-18-40(19-3-1)41-20-16-21-42(38-41)63(43-36-37-49-48-26-8-14-32-55(48)62(58(49)39-43)53-30-12-6-24-46(53)47-25-7-13-31-54(47)62)59-35-17-34-57-60(59)50-27-9-15-33-56(50)61(57)51-28-10-4-22-44(51)45-23-5-11-29-52(45)61/h1-39H. The Balaban J connectivity index is 1.08. The van der Waals surface area contributed by atoms with Gasteiger partial charge in [-0.2, -0.15) is 0 Å². The molecule has 63 heavy (non-hydrogen) atoms. The van der Waals surface area contributed by atoms with Gasteiger partial charge in [0.15, 0.2) is 0 Å². The molecule has 0 aromatic heterocycles. The molecule has 10 aromatic rings. The minimum absolute atomic E-state index is 0.451. The molecule has 1 nitrogen and oxygen atoms in total. The number of rotatable bonds is 4. The molecule has 0 amide bonds. The Bertz CT molecular complexity index is 3430. The summed E-state index contributed by atoms with van der Waals surface area (Å²) >= 11 is 0. The lowest BCUT2D eigenvalue weighted by Crippen LogP contribution is -2.26. The molecule has 4 aliphatic carbocycles. The molecule has 0 saturated heterocycles. The molecule has 0 heterocycles. The van der Waals surface area contributed by atoms with Crippen molar-refractivity contribution in [1.82, 2.24) is 0 Å². The van der Waals surface area contributed by atoms with E-state index in [-0.39, 0.29) is 0 Å². The molecule has 10 aromatic carbocycles. The van der Waals surface area contributed by atoms with Gasteiger partial charge in [0.05, 0.1) is 16.5 Å². The molecule has 14 rings (SSSR count). The zero-order valence-corrected chi connectivity index (χ0v) is 34.5. The van der Waals surface area contributed by atoms with Crippen molar-refractivity contribution in [2.24, 2.45) is 0 Å². The van der Waals surface area contributed by atoms with Crippen LogP contribution in [0.25, 0.3) is 55.6 Å². The summed E-state index contributed by atoms with van der Waals surface area (Å²) in [6.45, 7) is 0. The fraction of sp³-hybridized carbons (Fsp3) is 0.0323. The summed E-state index contributed by atoms with van der Waals surface area (Å²) in [5.41, 5.74) is 26.0. The third kappa shape index (κ3) is 4.36. The lowest BCUT2D eigenvalue weighted by atomic mass is 9.70. The molecule has 2 spiro atoms. The first-order chi connectivity index (χ1) is 31.3. The highest BCUT2D eigenvalue weighted by atomic mass is 15.1. The van der Waals surface area contributed by atoms with Gasteiger partial charge < -0.3 is 4.90 Å². The average Bonchev–Trinajstić information content (AvgIpc) is 4.04. The van der Waals surface area contributed by atoms with Crippen molar-refractivity contribution in [2.75, 3.05) is 4.90 Å². The van der Waals surface area contributed by atoms with Crippen molar-refractivity contribution in [1.29, 1.82) is 0 Å². The van der Waals surface area contributed by atoms with E-state index in [9.17, 15) is 0 Å². The summed E-state index contributed by atoms with van der Waals surface area (Å²) < 4.78 is 0. The van der Waals surface area contributed by atoms with E-state index in [1.807, 2.05) is 0 Å². The number of nitrogens with zero attached hydrogens (tertiary/aromatic N) is 1. The van der Waals surface area contributed by atoms with Gasteiger partial charge >= 0.3 is 0 Å². The van der Waals surface area contributed by atoms with Crippen molar-refractivity contribution in [3.63, 3.8) is 0 Å². The van der Waals surface area contributed by atoms with Crippen LogP contribution in [0.2, 0.25) is 0 Å². The average molecular weight is 798 g/mol. The summed E-state index contributed by atoms with van der Waals surface area (Å²) in [6, 6.07) is 88.9. The third-order valence-corrected chi connectivity index (χ3v) is 14.7. The van der Waals surface area contributed by atoms with E-state index in [4.69, 9.17) is 0 Å². The van der Waals surface area contributed by atoms with Gasteiger partial charge in [-0.05, 0) is 125 Å². The number of anilines is 3. The highest BCUT2D eigenvalue weighted by molar-refractivity contribution is 6.02. The van der Waals surface area contributed by atoms with E-state index >= 15 is 0 Å². The SMILES string of the molecule is c1ccc(-c2cccc(N(c3ccc4c(c3)C3(c5ccccc5-c5ccccc53)c3ccccc3-4)c3cccc4c3-c3ccccc3C43c4ccccc4-c4ccccc43)c2)cc1. The second-order valence-corrected chi connectivity index (χ2v) is 17.5. The number of hydrogen-bond acceptors (Lipinski definition) is 1. The third-order valence-electron chi connectivity index (χ3n) is 14.7. The number of benzene rings is 10. The zero-order chi connectivity index (χ0) is 41.3. The van der Waals surface area contributed by atoms with Gasteiger partial charge in [-0.1, -0.05) is 206 Å². The molecule has 1 heteroatoms. The summed E-state index contributed by atoms with van der Waals surface area (Å²) in [6.07, 6.45) is 0. The molecular weight excluding hydrogens is 759 g/mol. The lowest BCUT2D eigenvalue weighted by molar-refractivity contribution is 0.793. The van der Waals surface area contributed by atoms with Crippen LogP contribution in [0.4, 0.5) is 17.1 Å². The van der Waals surface area contributed by atoms with Gasteiger partial charge in [0, 0.05) is 16.9 Å². The predicted octanol–water partition coefficient (Wildman–Crippen LogP) is 15.5. The monoisotopic (exact) mass is 797 g/mol. The van der Waals surface area contributed by atoms with Gasteiger partial charge in [0.2, 0.25) is 0 Å². The Morgan fingerprint density at radius 2 is 0.619 bits per heavy atom. The fourth-order valence-electron chi connectivity index (χ4n) is 12.4. The maximum Gasteiger partial charge on any atom is 0.0726 e. The minimum Gasteiger partial charge on any atom is -0.310 e. The molecule has 0 aliphatic heterocycles. The van der Waals surface area contributed by atoms with Crippen LogP contribution in [0, 0.1) is 0 Å². The Kier molecular flexibility index (Phi) is 7.03. The maximum absolute atomic E-state index is 2.55. The molecule has 0 radical (unpaired) electrons. The highest BCUT2D eigenvalue weighted by Crippen LogP contribution is 2.66. The molecule has 0 bridgehead atoms. The van der Waals surface area contributed by atoms with Crippen LogP contribution in [-0.4, -0.2) is 0 Å². The summed E-state index contributed by atoms with van der Waals surface area (Å²) in [5.74, 6) is 0. The van der Waals surface area contributed by atoms with E-state index < -0.39 is 10.8 Å². The van der Waals surface area contributed by atoms with Crippen molar-refractivity contribution in [3.05, 3.63) is 281 Å². The van der Waals surface area contributed by atoms with Crippen LogP contribution in [0.15, 0.2) is 237 Å². The van der Waals surface area contributed by atoms with Crippen LogP contribution in [-0.2, 0) is 10.8 Å². The maximum atomic E-state index is 2.55. The smallest absolute Gasteiger partial charge is 0.0726 e. The Labute approximate surface area is 367 Å². The fourth-order valence-corrected chi connectivity index (χ4v) is 12.4. The Hall–Kier alpha value is -8.00. The van der Waals surface area contributed by atoms with Crippen molar-refractivity contribution >= 4 is 17.1 Å². The van der Waals surface area contributed by atoms with Gasteiger partial charge in [-0.3, -0.25) is 0 Å². The number of hydrogen-bond donors (Lipinski definition) is 0. The first kappa shape index (κ1) is 34.7. The van der Waals surface area contributed by atoms with Gasteiger partial charge in [-0.25, -0.2) is 0 Å².